The lowest BCUT2D eigenvalue weighted by Gasteiger charge is -2.32. The fourth-order valence-electron chi connectivity index (χ4n) is 2.80. The van der Waals surface area contributed by atoms with Gasteiger partial charge in [0.25, 0.3) is 0 Å². The van der Waals surface area contributed by atoms with Gasteiger partial charge in [0.15, 0.2) is 0 Å². The van der Waals surface area contributed by atoms with Crippen LogP contribution in [0.5, 0.6) is 0 Å². The predicted octanol–water partition coefficient (Wildman–Crippen LogP) is 4.02. The number of hydrogen-bond donors (Lipinski definition) is 1. The van der Waals surface area contributed by atoms with Crippen LogP contribution in [0.1, 0.15) is 30.1 Å². The van der Waals surface area contributed by atoms with Gasteiger partial charge in [0.1, 0.15) is 0 Å². The number of nitrogens with zero attached hydrogens (tertiary/aromatic N) is 3. The number of benzene rings is 1. The summed E-state index contributed by atoms with van der Waals surface area (Å²) in [5, 5.41) is 7.69. The van der Waals surface area contributed by atoms with E-state index < -0.39 is 0 Å². The molecule has 6 heteroatoms. The van der Waals surface area contributed by atoms with Gasteiger partial charge in [-0.15, -0.1) is 0 Å². The van der Waals surface area contributed by atoms with Crippen LogP contribution in [0.15, 0.2) is 23.3 Å². The zero-order valence-electron chi connectivity index (χ0n) is 12.3. The summed E-state index contributed by atoms with van der Waals surface area (Å²) in [6.07, 6.45) is 2.27. The summed E-state index contributed by atoms with van der Waals surface area (Å²) >= 11 is 6.15. The van der Waals surface area contributed by atoms with Crippen LogP contribution >= 0.6 is 11.6 Å². The smallest absolute Gasteiger partial charge is 0.0868 e. The third-order valence-corrected chi connectivity index (χ3v) is 4.10. The van der Waals surface area contributed by atoms with Gasteiger partial charge in [0, 0.05) is 28.9 Å². The van der Waals surface area contributed by atoms with Gasteiger partial charge in [-0.1, -0.05) is 22.8 Å². The standard InChI is InChI=1S/C15H21ClN4O/c1-11-4-5-13(16)9-14(11)15(21-8-7-19-20-17)12-3-2-6-18-10-12/h4-5,9,12,15,18H,2-3,6-8,10H2,1H3/t12-,15-/m1/s1. The SMILES string of the molecule is Cc1ccc(Cl)cc1[C@H](OCCN=[N+]=[N-])[C@@H]1CCCNC1. The number of ether oxygens (including phenoxy) is 1. The molecule has 1 fully saturated rings. The first-order chi connectivity index (χ1) is 10.2. The summed E-state index contributed by atoms with van der Waals surface area (Å²) in [6, 6.07) is 5.91. The van der Waals surface area contributed by atoms with Crippen molar-refractivity contribution in [2.75, 3.05) is 26.2 Å². The van der Waals surface area contributed by atoms with Crippen LogP contribution in [0.25, 0.3) is 10.4 Å². The van der Waals surface area contributed by atoms with E-state index in [9.17, 15) is 0 Å². The fourth-order valence-corrected chi connectivity index (χ4v) is 2.98. The summed E-state index contributed by atoms with van der Waals surface area (Å²) in [6.45, 7) is 4.87. The first-order valence-electron chi connectivity index (χ1n) is 7.31. The second kappa shape index (κ2) is 8.25. The molecule has 1 aliphatic heterocycles. The van der Waals surface area contributed by atoms with E-state index in [0.717, 1.165) is 36.5 Å². The first-order valence-corrected chi connectivity index (χ1v) is 7.69. The topological polar surface area (TPSA) is 70.0 Å². The lowest BCUT2D eigenvalue weighted by molar-refractivity contribution is 0.00686. The molecule has 0 bridgehead atoms. The third-order valence-electron chi connectivity index (χ3n) is 3.86. The zero-order valence-corrected chi connectivity index (χ0v) is 13.0. The number of halogens is 1. The van der Waals surface area contributed by atoms with Gasteiger partial charge >= 0.3 is 0 Å². The monoisotopic (exact) mass is 308 g/mol. The van der Waals surface area contributed by atoms with E-state index in [0.29, 0.717) is 19.1 Å². The molecular weight excluding hydrogens is 288 g/mol. The Bertz CT molecular complexity index is 510. The number of hydrogen-bond acceptors (Lipinski definition) is 3. The molecule has 1 saturated heterocycles. The highest BCUT2D eigenvalue weighted by molar-refractivity contribution is 6.30. The lowest BCUT2D eigenvalue weighted by Crippen LogP contribution is -2.34. The van der Waals surface area contributed by atoms with E-state index in [1.165, 1.54) is 5.56 Å². The molecular formula is C15H21ClN4O. The van der Waals surface area contributed by atoms with Crippen LogP contribution in [0.2, 0.25) is 5.02 Å². The van der Waals surface area contributed by atoms with Crippen LogP contribution in [0, 0.1) is 12.8 Å². The Labute approximate surface area is 130 Å². The molecule has 21 heavy (non-hydrogen) atoms. The van der Waals surface area contributed by atoms with Crippen LogP contribution in [0.4, 0.5) is 0 Å². The number of azide groups is 1. The van der Waals surface area contributed by atoms with Gasteiger partial charge in [-0.2, -0.15) is 0 Å². The molecule has 1 aromatic rings. The van der Waals surface area contributed by atoms with Gasteiger partial charge in [-0.3, -0.25) is 0 Å². The molecule has 0 spiro atoms. The van der Waals surface area contributed by atoms with Crippen molar-refractivity contribution in [1.29, 1.82) is 0 Å². The van der Waals surface area contributed by atoms with Crippen molar-refractivity contribution in [3.8, 4) is 0 Å². The van der Waals surface area contributed by atoms with Gasteiger partial charge in [0.05, 0.1) is 12.7 Å². The van der Waals surface area contributed by atoms with Crippen molar-refractivity contribution in [1.82, 2.24) is 5.32 Å². The summed E-state index contributed by atoms with van der Waals surface area (Å²) in [5.74, 6) is 0.419. The summed E-state index contributed by atoms with van der Waals surface area (Å²) in [4.78, 5) is 2.76. The highest BCUT2D eigenvalue weighted by Crippen LogP contribution is 2.33. The highest BCUT2D eigenvalue weighted by atomic mass is 35.5. The van der Waals surface area contributed by atoms with E-state index in [2.05, 4.69) is 22.3 Å². The normalized spacial score (nSPS) is 19.8. The molecule has 0 unspecified atom stereocenters. The van der Waals surface area contributed by atoms with Crippen molar-refractivity contribution in [3.05, 3.63) is 44.8 Å². The van der Waals surface area contributed by atoms with Crippen molar-refractivity contribution < 1.29 is 4.74 Å². The molecule has 114 valence electrons. The van der Waals surface area contributed by atoms with Crippen LogP contribution in [-0.2, 0) is 4.74 Å². The van der Waals surface area contributed by atoms with E-state index in [-0.39, 0.29) is 6.10 Å². The molecule has 2 rings (SSSR count). The largest absolute Gasteiger partial charge is 0.373 e. The number of nitrogens with one attached hydrogen (secondary N) is 1. The van der Waals surface area contributed by atoms with Gasteiger partial charge in [-0.25, -0.2) is 0 Å². The quantitative estimate of drug-likeness (QED) is 0.373. The molecule has 1 aliphatic rings. The van der Waals surface area contributed by atoms with Gasteiger partial charge in [-0.05, 0) is 55.1 Å². The summed E-state index contributed by atoms with van der Waals surface area (Å²) in [7, 11) is 0. The van der Waals surface area contributed by atoms with Crippen molar-refractivity contribution >= 4 is 11.6 Å². The minimum absolute atomic E-state index is 0.00890. The summed E-state index contributed by atoms with van der Waals surface area (Å²) < 4.78 is 6.04. The molecule has 2 atom stereocenters. The Kier molecular flexibility index (Phi) is 6.33. The zero-order chi connectivity index (χ0) is 15.1. The van der Waals surface area contributed by atoms with E-state index >= 15 is 0 Å². The molecule has 1 aromatic carbocycles. The molecule has 0 radical (unpaired) electrons. The molecule has 1 heterocycles. The van der Waals surface area contributed by atoms with E-state index in [1.807, 2.05) is 18.2 Å². The Balaban J connectivity index is 2.16. The van der Waals surface area contributed by atoms with Crippen molar-refractivity contribution in [3.63, 3.8) is 0 Å². The maximum Gasteiger partial charge on any atom is 0.0868 e. The average molecular weight is 309 g/mol. The Morgan fingerprint density at radius 1 is 1.57 bits per heavy atom. The molecule has 0 saturated carbocycles. The number of piperidine rings is 1. The maximum absolute atomic E-state index is 8.35. The predicted molar refractivity (Wildman–Crippen MR) is 84.5 cm³/mol. The fraction of sp³-hybridized carbons (Fsp3) is 0.600. The number of rotatable bonds is 6. The Morgan fingerprint density at radius 3 is 3.14 bits per heavy atom. The highest BCUT2D eigenvalue weighted by Gasteiger charge is 2.27. The minimum Gasteiger partial charge on any atom is -0.373 e. The lowest BCUT2D eigenvalue weighted by atomic mass is 9.87. The number of aryl methyl sites for hydroxylation is 1. The van der Waals surface area contributed by atoms with Crippen molar-refractivity contribution in [2.24, 2.45) is 11.0 Å². The summed E-state index contributed by atoms with van der Waals surface area (Å²) in [5.41, 5.74) is 10.7. The van der Waals surface area contributed by atoms with Gasteiger partial charge in [0.2, 0.25) is 0 Å². The van der Waals surface area contributed by atoms with Crippen molar-refractivity contribution in [2.45, 2.75) is 25.9 Å². The van der Waals surface area contributed by atoms with Crippen LogP contribution < -0.4 is 5.32 Å². The molecule has 0 aliphatic carbocycles. The van der Waals surface area contributed by atoms with E-state index in [4.69, 9.17) is 21.9 Å². The van der Waals surface area contributed by atoms with Gasteiger partial charge < -0.3 is 10.1 Å². The average Bonchev–Trinajstić information content (AvgIpc) is 2.51. The second-order valence-electron chi connectivity index (χ2n) is 5.35. The Hall–Kier alpha value is -1.26. The third kappa shape index (κ3) is 4.61. The maximum atomic E-state index is 8.35. The first kappa shape index (κ1) is 16.1. The van der Waals surface area contributed by atoms with E-state index in [1.54, 1.807) is 0 Å². The van der Waals surface area contributed by atoms with Crippen LogP contribution in [0.3, 0.4) is 0 Å². The molecule has 0 aromatic heterocycles. The molecule has 1 N–H and O–H groups in total. The van der Waals surface area contributed by atoms with Crippen LogP contribution in [-0.4, -0.2) is 26.2 Å². The molecule has 5 nitrogen and oxygen atoms in total. The Morgan fingerprint density at radius 2 is 2.43 bits per heavy atom. The second-order valence-corrected chi connectivity index (χ2v) is 5.79. The molecule has 0 amide bonds. The minimum atomic E-state index is -0.00890.